The van der Waals surface area contributed by atoms with Crippen molar-refractivity contribution in [2.45, 2.75) is 6.42 Å². The Kier molecular flexibility index (Phi) is 5.30. The Morgan fingerprint density at radius 3 is 2.67 bits per heavy atom. The van der Waals surface area contributed by atoms with Gasteiger partial charge in [-0.2, -0.15) is 0 Å². The van der Waals surface area contributed by atoms with Crippen molar-refractivity contribution in [2.24, 2.45) is 0 Å². The van der Waals surface area contributed by atoms with E-state index in [4.69, 9.17) is 9.15 Å². The number of rotatable bonds is 7. The zero-order chi connectivity index (χ0) is 12.6. The van der Waals surface area contributed by atoms with Crippen molar-refractivity contribution < 1.29 is 9.15 Å². The molecule has 1 aromatic carbocycles. The van der Waals surface area contributed by atoms with E-state index in [1.165, 1.54) is 0 Å². The fourth-order valence-electron chi connectivity index (χ4n) is 1.56. The topological polar surface area (TPSA) is 34.4 Å². The van der Waals surface area contributed by atoms with Crippen LogP contribution >= 0.6 is 15.9 Å². The lowest BCUT2D eigenvalue weighted by Gasteiger charge is -2.07. The minimum Gasteiger partial charge on any atom is -0.492 e. The van der Waals surface area contributed by atoms with Gasteiger partial charge < -0.3 is 14.5 Å². The number of furan rings is 1. The maximum absolute atomic E-state index is 5.59. The molecule has 0 atom stereocenters. The Morgan fingerprint density at radius 2 is 1.94 bits per heavy atom. The summed E-state index contributed by atoms with van der Waals surface area (Å²) in [5.74, 6) is 1.90. The largest absolute Gasteiger partial charge is 0.492 e. The summed E-state index contributed by atoms with van der Waals surface area (Å²) < 4.78 is 11.9. The van der Waals surface area contributed by atoms with Crippen LogP contribution in [0.2, 0.25) is 0 Å². The van der Waals surface area contributed by atoms with Crippen LogP contribution in [0.15, 0.2) is 51.6 Å². The standard InChI is InChI=1S/C14H16BrNO2/c15-12-3-5-14(6-4-12)18-11-9-16-8-7-13-2-1-10-17-13/h1-6,10,16H,7-9,11H2. The van der Waals surface area contributed by atoms with Crippen LogP contribution in [0.25, 0.3) is 0 Å². The Balaban J connectivity index is 1.55. The van der Waals surface area contributed by atoms with E-state index >= 15 is 0 Å². The molecule has 0 spiro atoms. The van der Waals surface area contributed by atoms with E-state index in [-0.39, 0.29) is 0 Å². The van der Waals surface area contributed by atoms with Crippen LogP contribution in [0.3, 0.4) is 0 Å². The minimum atomic E-state index is 0.666. The van der Waals surface area contributed by atoms with Gasteiger partial charge in [0, 0.05) is 24.0 Å². The number of benzene rings is 1. The molecule has 1 heterocycles. The van der Waals surface area contributed by atoms with Crippen LogP contribution < -0.4 is 10.1 Å². The first-order valence-corrected chi connectivity index (χ1v) is 6.75. The van der Waals surface area contributed by atoms with Crippen molar-refractivity contribution >= 4 is 15.9 Å². The predicted octanol–water partition coefficient (Wildman–Crippen LogP) is 3.25. The second-order valence-corrected chi connectivity index (χ2v) is 4.80. The highest BCUT2D eigenvalue weighted by molar-refractivity contribution is 9.10. The van der Waals surface area contributed by atoms with Gasteiger partial charge in [0.05, 0.1) is 6.26 Å². The first-order chi connectivity index (χ1) is 8.84. The summed E-state index contributed by atoms with van der Waals surface area (Å²) in [5, 5.41) is 3.31. The van der Waals surface area contributed by atoms with Gasteiger partial charge in [-0.3, -0.25) is 0 Å². The van der Waals surface area contributed by atoms with Gasteiger partial charge in [0.2, 0.25) is 0 Å². The van der Waals surface area contributed by atoms with Gasteiger partial charge in [-0.15, -0.1) is 0 Å². The van der Waals surface area contributed by atoms with Gasteiger partial charge in [-0.25, -0.2) is 0 Å². The van der Waals surface area contributed by atoms with E-state index in [1.54, 1.807) is 6.26 Å². The fraction of sp³-hybridized carbons (Fsp3) is 0.286. The van der Waals surface area contributed by atoms with E-state index in [0.717, 1.165) is 35.5 Å². The molecule has 0 aliphatic rings. The molecular formula is C14H16BrNO2. The summed E-state index contributed by atoms with van der Waals surface area (Å²) in [6.45, 7) is 2.40. The third-order valence-corrected chi connectivity index (χ3v) is 3.02. The lowest BCUT2D eigenvalue weighted by atomic mass is 10.3. The molecule has 3 nitrogen and oxygen atoms in total. The maximum Gasteiger partial charge on any atom is 0.119 e. The van der Waals surface area contributed by atoms with E-state index in [0.29, 0.717) is 6.61 Å². The molecule has 2 rings (SSSR count). The van der Waals surface area contributed by atoms with E-state index < -0.39 is 0 Å². The average Bonchev–Trinajstić information content (AvgIpc) is 2.89. The van der Waals surface area contributed by atoms with Crippen molar-refractivity contribution in [3.05, 3.63) is 52.9 Å². The van der Waals surface area contributed by atoms with Gasteiger partial charge in [0.1, 0.15) is 18.1 Å². The highest BCUT2D eigenvalue weighted by Crippen LogP contribution is 2.15. The summed E-state index contributed by atoms with van der Waals surface area (Å²) in [7, 11) is 0. The zero-order valence-corrected chi connectivity index (χ0v) is 11.7. The van der Waals surface area contributed by atoms with Gasteiger partial charge in [-0.1, -0.05) is 15.9 Å². The summed E-state index contributed by atoms with van der Waals surface area (Å²) in [4.78, 5) is 0. The molecule has 4 heteroatoms. The molecule has 0 aliphatic carbocycles. The first kappa shape index (κ1) is 13.2. The molecule has 0 saturated heterocycles. The predicted molar refractivity (Wildman–Crippen MR) is 74.9 cm³/mol. The normalized spacial score (nSPS) is 10.5. The van der Waals surface area contributed by atoms with Crippen molar-refractivity contribution in [1.82, 2.24) is 5.32 Å². The third-order valence-electron chi connectivity index (χ3n) is 2.49. The fourth-order valence-corrected chi connectivity index (χ4v) is 1.83. The third kappa shape index (κ3) is 4.55. The molecule has 0 saturated carbocycles. The maximum atomic E-state index is 5.59. The molecule has 0 unspecified atom stereocenters. The number of hydrogen-bond acceptors (Lipinski definition) is 3. The second kappa shape index (κ2) is 7.24. The highest BCUT2D eigenvalue weighted by Gasteiger charge is 1.96. The lowest BCUT2D eigenvalue weighted by molar-refractivity contribution is 0.313. The highest BCUT2D eigenvalue weighted by atomic mass is 79.9. The quantitative estimate of drug-likeness (QED) is 0.797. The first-order valence-electron chi connectivity index (χ1n) is 5.96. The second-order valence-electron chi connectivity index (χ2n) is 3.88. The number of halogens is 1. The molecule has 2 aromatic rings. The Bertz CT molecular complexity index is 439. The van der Waals surface area contributed by atoms with Crippen molar-refractivity contribution in [2.75, 3.05) is 19.7 Å². The van der Waals surface area contributed by atoms with Crippen LogP contribution in [0.5, 0.6) is 5.75 Å². The van der Waals surface area contributed by atoms with E-state index in [1.807, 2.05) is 36.4 Å². The van der Waals surface area contributed by atoms with Crippen molar-refractivity contribution in [3.63, 3.8) is 0 Å². The smallest absolute Gasteiger partial charge is 0.119 e. The number of ether oxygens (including phenoxy) is 1. The molecule has 1 N–H and O–H groups in total. The van der Waals surface area contributed by atoms with E-state index in [9.17, 15) is 0 Å². The number of hydrogen-bond donors (Lipinski definition) is 1. The monoisotopic (exact) mass is 309 g/mol. The molecule has 1 aromatic heterocycles. The Labute approximate surface area is 115 Å². The summed E-state index contributed by atoms with van der Waals surface area (Å²) >= 11 is 3.39. The van der Waals surface area contributed by atoms with Crippen LogP contribution in [0, 0.1) is 0 Å². The van der Waals surface area contributed by atoms with Crippen LogP contribution in [0.4, 0.5) is 0 Å². The van der Waals surface area contributed by atoms with Crippen LogP contribution in [0.1, 0.15) is 5.76 Å². The van der Waals surface area contributed by atoms with Crippen LogP contribution in [-0.4, -0.2) is 19.7 Å². The SMILES string of the molecule is Brc1ccc(OCCNCCc2ccco2)cc1. The van der Waals surface area contributed by atoms with Gasteiger partial charge in [-0.05, 0) is 36.4 Å². The molecule has 0 radical (unpaired) electrons. The molecule has 0 bridgehead atoms. The minimum absolute atomic E-state index is 0.666. The van der Waals surface area contributed by atoms with Crippen molar-refractivity contribution in [1.29, 1.82) is 0 Å². The molecular weight excluding hydrogens is 294 g/mol. The molecule has 96 valence electrons. The molecule has 0 amide bonds. The van der Waals surface area contributed by atoms with Gasteiger partial charge in [0.15, 0.2) is 0 Å². The summed E-state index contributed by atoms with van der Waals surface area (Å²) in [5.41, 5.74) is 0. The van der Waals surface area contributed by atoms with Gasteiger partial charge in [0.25, 0.3) is 0 Å². The van der Waals surface area contributed by atoms with Gasteiger partial charge >= 0.3 is 0 Å². The Hall–Kier alpha value is -1.26. The Morgan fingerprint density at radius 1 is 1.11 bits per heavy atom. The summed E-state index contributed by atoms with van der Waals surface area (Å²) in [6, 6.07) is 11.7. The van der Waals surface area contributed by atoms with Crippen LogP contribution in [-0.2, 0) is 6.42 Å². The average molecular weight is 310 g/mol. The molecule has 0 fully saturated rings. The van der Waals surface area contributed by atoms with E-state index in [2.05, 4.69) is 21.2 Å². The van der Waals surface area contributed by atoms with Crippen molar-refractivity contribution in [3.8, 4) is 5.75 Å². The number of nitrogens with one attached hydrogen (secondary N) is 1. The zero-order valence-electron chi connectivity index (χ0n) is 10.1. The molecule has 18 heavy (non-hydrogen) atoms. The summed E-state index contributed by atoms with van der Waals surface area (Å²) in [6.07, 6.45) is 2.61. The lowest BCUT2D eigenvalue weighted by Crippen LogP contribution is -2.23. The molecule has 0 aliphatic heterocycles.